The van der Waals surface area contributed by atoms with Crippen molar-refractivity contribution in [1.82, 2.24) is 25.0 Å². The number of rotatable bonds is 6. The van der Waals surface area contributed by atoms with Gasteiger partial charge < -0.3 is 15.0 Å². The van der Waals surface area contributed by atoms with Gasteiger partial charge in [-0.2, -0.15) is 0 Å². The maximum Gasteiger partial charge on any atom is 0.147 e. The van der Waals surface area contributed by atoms with Crippen molar-refractivity contribution in [2.24, 2.45) is 5.92 Å². The molecule has 0 saturated heterocycles. The Morgan fingerprint density at radius 1 is 1.30 bits per heavy atom. The molecule has 2 N–H and O–H groups in total. The van der Waals surface area contributed by atoms with E-state index in [0.717, 1.165) is 32.0 Å². The minimum Gasteiger partial charge on any atom is -0.394 e. The average molecular weight is 277 g/mol. The van der Waals surface area contributed by atoms with E-state index < -0.39 is 0 Å². The second-order valence-corrected chi connectivity index (χ2v) is 6.66. The van der Waals surface area contributed by atoms with Crippen molar-refractivity contribution in [2.75, 3.05) is 19.7 Å². The molecule has 0 radical (unpaired) electrons. The van der Waals surface area contributed by atoms with Gasteiger partial charge in [-0.1, -0.05) is 0 Å². The van der Waals surface area contributed by atoms with E-state index in [9.17, 15) is 5.11 Å². The molecule has 1 aromatic rings. The van der Waals surface area contributed by atoms with Crippen LogP contribution in [0.4, 0.5) is 0 Å². The zero-order valence-corrected chi connectivity index (χ0v) is 11.8. The van der Waals surface area contributed by atoms with Gasteiger partial charge in [0.15, 0.2) is 0 Å². The Balaban J connectivity index is 1.47. The quantitative estimate of drug-likeness (QED) is 0.765. The summed E-state index contributed by atoms with van der Waals surface area (Å²) >= 11 is 0. The van der Waals surface area contributed by atoms with Crippen LogP contribution in [0.3, 0.4) is 0 Å². The fourth-order valence-electron chi connectivity index (χ4n) is 3.44. The smallest absolute Gasteiger partial charge is 0.147 e. The van der Waals surface area contributed by atoms with Crippen molar-refractivity contribution in [2.45, 2.75) is 50.4 Å². The first-order valence-electron chi connectivity index (χ1n) is 7.77. The monoisotopic (exact) mass is 277 g/mol. The van der Waals surface area contributed by atoms with Gasteiger partial charge in [0, 0.05) is 25.7 Å². The predicted molar refractivity (Wildman–Crippen MR) is 74.0 cm³/mol. The third-order valence-electron chi connectivity index (χ3n) is 4.93. The first-order chi connectivity index (χ1) is 9.79. The summed E-state index contributed by atoms with van der Waals surface area (Å²) in [6.07, 6.45) is 6.86. The second kappa shape index (κ2) is 4.79. The Hall–Kier alpha value is -0.980. The highest BCUT2D eigenvalue weighted by atomic mass is 16.3. The number of fused-ring (bicyclic) bond motifs is 1. The van der Waals surface area contributed by atoms with Crippen LogP contribution in [0.25, 0.3) is 0 Å². The molecule has 1 unspecified atom stereocenters. The van der Waals surface area contributed by atoms with Crippen LogP contribution in [0.5, 0.6) is 0 Å². The van der Waals surface area contributed by atoms with Crippen LogP contribution in [0.15, 0.2) is 6.33 Å². The number of hydrogen-bond donors (Lipinski definition) is 2. The lowest BCUT2D eigenvalue weighted by molar-refractivity contribution is 0.0758. The molecule has 2 heterocycles. The molecular formula is C14H23N5O. The fourth-order valence-corrected chi connectivity index (χ4v) is 3.44. The van der Waals surface area contributed by atoms with Gasteiger partial charge in [-0.3, -0.25) is 4.90 Å². The molecule has 0 aromatic carbocycles. The third kappa shape index (κ3) is 2.36. The molecule has 2 aliphatic carbocycles. The molecule has 1 atom stereocenters. The van der Waals surface area contributed by atoms with Crippen LogP contribution in [-0.2, 0) is 13.1 Å². The zero-order chi connectivity index (χ0) is 13.6. The molecule has 2 fully saturated rings. The molecule has 3 aliphatic rings. The Morgan fingerprint density at radius 3 is 2.85 bits per heavy atom. The Morgan fingerprint density at radius 2 is 2.15 bits per heavy atom. The first-order valence-corrected chi connectivity index (χ1v) is 7.77. The van der Waals surface area contributed by atoms with E-state index in [0.29, 0.717) is 12.0 Å². The van der Waals surface area contributed by atoms with E-state index in [-0.39, 0.29) is 12.1 Å². The Bertz CT molecular complexity index is 482. The number of aliphatic hydroxyl groups excluding tert-OH is 1. The van der Waals surface area contributed by atoms with E-state index in [1.807, 2.05) is 6.33 Å². The molecule has 110 valence electrons. The van der Waals surface area contributed by atoms with Crippen LogP contribution in [-0.4, -0.2) is 56.0 Å². The number of aromatic nitrogens is 3. The van der Waals surface area contributed by atoms with Crippen LogP contribution in [0.1, 0.15) is 31.5 Å². The van der Waals surface area contributed by atoms with Gasteiger partial charge in [-0.15, -0.1) is 10.2 Å². The van der Waals surface area contributed by atoms with E-state index in [2.05, 4.69) is 25.0 Å². The lowest BCUT2D eigenvalue weighted by Gasteiger charge is -2.40. The van der Waals surface area contributed by atoms with Crippen LogP contribution < -0.4 is 5.32 Å². The summed E-state index contributed by atoms with van der Waals surface area (Å²) in [6, 6.07) is 0.635. The van der Waals surface area contributed by atoms with Crippen molar-refractivity contribution >= 4 is 0 Å². The minimum atomic E-state index is -0.0939. The van der Waals surface area contributed by atoms with Gasteiger partial charge >= 0.3 is 0 Å². The number of nitrogens with zero attached hydrogens (tertiary/aromatic N) is 4. The SMILES string of the molecule is OCC(CN1CCn2cnnc2C1)(NC1CC1)C1CC1. The summed E-state index contributed by atoms with van der Waals surface area (Å²) in [6.45, 7) is 4.00. The first kappa shape index (κ1) is 12.7. The summed E-state index contributed by atoms with van der Waals surface area (Å²) in [7, 11) is 0. The van der Waals surface area contributed by atoms with Crippen molar-refractivity contribution in [3.63, 3.8) is 0 Å². The van der Waals surface area contributed by atoms with Gasteiger partial charge in [0.25, 0.3) is 0 Å². The third-order valence-corrected chi connectivity index (χ3v) is 4.93. The lowest BCUT2D eigenvalue weighted by Crippen LogP contribution is -2.59. The molecule has 4 rings (SSSR count). The largest absolute Gasteiger partial charge is 0.394 e. The van der Waals surface area contributed by atoms with Gasteiger partial charge in [0.2, 0.25) is 0 Å². The maximum absolute atomic E-state index is 10.0. The van der Waals surface area contributed by atoms with Crippen LogP contribution >= 0.6 is 0 Å². The van der Waals surface area contributed by atoms with Gasteiger partial charge in [-0.25, -0.2) is 0 Å². The van der Waals surface area contributed by atoms with Crippen LogP contribution in [0.2, 0.25) is 0 Å². The zero-order valence-electron chi connectivity index (χ0n) is 11.8. The molecule has 6 nitrogen and oxygen atoms in total. The van der Waals surface area contributed by atoms with Gasteiger partial charge in [0.1, 0.15) is 12.2 Å². The van der Waals surface area contributed by atoms with Crippen molar-refractivity contribution in [1.29, 1.82) is 0 Å². The van der Waals surface area contributed by atoms with E-state index in [1.165, 1.54) is 25.7 Å². The van der Waals surface area contributed by atoms with Gasteiger partial charge in [-0.05, 0) is 31.6 Å². The standard InChI is InChI=1S/C14H23N5O/c20-9-14(11-1-2-11,16-12-3-4-12)8-18-5-6-19-10-15-17-13(19)7-18/h10-12,16,20H,1-9H2. The highest BCUT2D eigenvalue weighted by molar-refractivity contribution is 5.07. The molecule has 2 saturated carbocycles. The van der Waals surface area contributed by atoms with E-state index in [4.69, 9.17) is 0 Å². The minimum absolute atomic E-state index is 0.0939. The number of aliphatic hydroxyl groups is 1. The summed E-state index contributed by atoms with van der Waals surface area (Å²) in [5, 5.41) is 21.9. The molecule has 0 amide bonds. The second-order valence-electron chi connectivity index (χ2n) is 6.66. The number of hydrogen-bond acceptors (Lipinski definition) is 5. The van der Waals surface area contributed by atoms with Crippen molar-refractivity contribution < 1.29 is 5.11 Å². The fraction of sp³-hybridized carbons (Fsp3) is 0.857. The van der Waals surface area contributed by atoms with E-state index >= 15 is 0 Å². The lowest BCUT2D eigenvalue weighted by atomic mass is 9.92. The van der Waals surface area contributed by atoms with Gasteiger partial charge in [0.05, 0.1) is 18.7 Å². The summed E-state index contributed by atoms with van der Waals surface area (Å²) in [5.74, 6) is 1.69. The summed E-state index contributed by atoms with van der Waals surface area (Å²) in [4.78, 5) is 2.42. The molecule has 20 heavy (non-hydrogen) atoms. The summed E-state index contributed by atoms with van der Waals surface area (Å²) < 4.78 is 2.13. The maximum atomic E-state index is 10.0. The van der Waals surface area contributed by atoms with Crippen molar-refractivity contribution in [3.8, 4) is 0 Å². The Kier molecular flexibility index (Phi) is 3.05. The van der Waals surface area contributed by atoms with E-state index in [1.54, 1.807) is 0 Å². The van der Waals surface area contributed by atoms with Crippen molar-refractivity contribution in [3.05, 3.63) is 12.2 Å². The molecule has 1 aromatic heterocycles. The average Bonchev–Trinajstić information content (AvgIpc) is 3.37. The van der Waals surface area contributed by atoms with Crippen LogP contribution in [0, 0.1) is 5.92 Å². The molecule has 0 bridgehead atoms. The summed E-state index contributed by atoms with van der Waals surface area (Å²) in [5.41, 5.74) is -0.0939. The number of nitrogens with one attached hydrogen (secondary N) is 1. The predicted octanol–water partition coefficient (Wildman–Crippen LogP) is -0.0132. The molecular weight excluding hydrogens is 254 g/mol. The molecule has 1 aliphatic heterocycles. The molecule has 0 spiro atoms. The molecule has 6 heteroatoms. The highest BCUT2D eigenvalue weighted by Crippen LogP contribution is 2.42. The Labute approximate surface area is 119 Å². The topological polar surface area (TPSA) is 66.2 Å². The normalized spacial score (nSPS) is 26.2. The highest BCUT2D eigenvalue weighted by Gasteiger charge is 2.48.